The van der Waals surface area contributed by atoms with Crippen LogP contribution < -0.4 is 24.8 Å². The van der Waals surface area contributed by atoms with E-state index in [1.54, 1.807) is 0 Å². The highest BCUT2D eigenvalue weighted by atomic mass is 16.5. The molecule has 11 rings (SSSR count). The number of piperidine rings is 2. The Hall–Kier alpha value is -4.86. The van der Waals surface area contributed by atoms with E-state index < -0.39 is 0 Å². The molecule has 354 valence electrons. The number of nitrogens with zero attached hydrogens (tertiary/aromatic N) is 9. The van der Waals surface area contributed by atoms with Gasteiger partial charge in [0, 0.05) is 99.5 Å². The second kappa shape index (κ2) is 22.8. The third kappa shape index (κ3) is 12.2. The fourth-order valence-corrected chi connectivity index (χ4v) is 10.1. The molecule has 0 aliphatic carbocycles. The maximum atomic E-state index is 7.22. The Morgan fingerprint density at radius 3 is 2.35 bits per heavy atom. The second-order valence-electron chi connectivity index (χ2n) is 19.1. The topological polar surface area (TPSA) is 117 Å². The Labute approximate surface area is 392 Å². The minimum atomic E-state index is -0.326. The predicted molar refractivity (Wildman–Crippen MR) is 262 cm³/mol. The van der Waals surface area contributed by atoms with Crippen molar-refractivity contribution < 1.29 is 18.9 Å². The molecule has 14 heteroatoms. The summed E-state index contributed by atoms with van der Waals surface area (Å²) < 4.78 is 26.3. The van der Waals surface area contributed by atoms with Gasteiger partial charge in [-0.3, -0.25) is 14.7 Å². The quantitative estimate of drug-likeness (QED) is 0.193. The lowest BCUT2D eigenvalue weighted by Gasteiger charge is -2.37. The fraction of sp³-hybridized carbons (Fsp3) is 0.577. The molecule has 1 unspecified atom stereocenters. The first kappa shape index (κ1) is 46.3. The fourth-order valence-electron chi connectivity index (χ4n) is 10.1. The molecule has 3 saturated heterocycles. The van der Waals surface area contributed by atoms with Crippen LogP contribution in [-0.2, 0) is 27.4 Å². The summed E-state index contributed by atoms with van der Waals surface area (Å²) in [6.07, 6.45) is 17.4. The zero-order chi connectivity index (χ0) is 45.1. The number of nitrogens with one attached hydrogen (secondary N) is 1. The van der Waals surface area contributed by atoms with E-state index in [9.17, 15) is 0 Å². The van der Waals surface area contributed by atoms with Gasteiger partial charge in [-0.25, -0.2) is 9.97 Å². The highest BCUT2D eigenvalue weighted by Gasteiger charge is 2.30. The monoisotopic (exact) mass is 901 g/mol. The van der Waals surface area contributed by atoms with Gasteiger partial charge < -0.3 is 34.1 Å². The molecule has 1 atom stereocenters. The number of anilines is 6. The van der Waals surface area contributed by atoms with Gasteiger partial charge >= 0.3 is 0 Å². The van der Waals surface area contributed by atoms with Gasteiger partial charge in [0.1, 0.15) is 30.2 Å². The minimum absolute atomic E-state index is 0.326. The van der Waals surface area contributed by atoms with Gasteiger partial charge in [0.2, 0.25) is 11.9 Å². The van der Waals surface area contributed by atoms with Crippen LogP contribution in [0.15, 0.2) is 67.0 Å². The number of aryl methyl sites for hydroxylation is 2. The standard InChI is InChI=1S/C52H72N10O4/c1-39-34-53-51-55-45-13-14-47(65-31-27-59-21-4-5-22-59)44(33-45)38-64-29-9-12-48(66-37-42-17-25-60(26-18-42)49(39)56-51)62-46-11-8-10-43(32-46)36-58(3)20-6-7-28-63-30-19-41-15-23-61(24-16-41)50-40(2)35-54-52(62)57-50/h6-8,10-11,13-14,32-35,41-42,48H,4-5,9,12,15-31,36-38H2,1-3H3,(H,53,55,56)/b7-6+. The predicted octanol–water partition coefficient (Wildman–Crippen LogP) is 8.43. The number of fused-ring (bicyclic) bond motifs is 19. The van der Waals surface area contributed by atoms with E-state index in [-0.39, 0.29) is 6.23 Å². The summed E-state index contributed by atoms with van der Waals surface area (Å²) in [6, 6.07) is 15.1. The van der Waals surface area contributed by atoms with Crippen LogP contribution in [-0.4, -0.2) is 128 Å². The van der Waals surface area contributed by atoms with Crippen LogP contribution in [0.2, 0.25) is 0 Å². The summed E-state index contributed by atoms with van der Waals surface area (Å²) in [6.45, 7) is 16.6. The Bertz CT molecular complexity index is 2200. The molecule has 2 aromatic carbocycles. The van der Waals surface area contributed by atoms with Crippen molar-refractivity contribution >= 4 is 34.9 Å². The van der Waals surface area contributed by atoms with Crippen LogP contribution in [0.5, 0.6) is 5.75 Å². The first-order valence-electron chi connectivity index (χ1n) is 24.8. The molecule has 0 saturated carbocycles. The van der Waals surface area contributed by atoms with E-state index >= 15 is 0 Å². The van der Waals surface area contributed by atoms with Gasteiger partial charge in [-0.05, 0) is 140 Å². The lowest BCUT2D eigenvalue weighted by molar-refractivity contribution is 0.0146. The third-order valence-corrected chi connectivity index (χ3v) is 14.0. The number of hydrogen-bond donors (Lipinski definition) is 1. The maximum absolute atomic E-state index is 7.22. The molecule has 0 radical (unpaired) electrons. The van der Waals surface area contributed by atoms with Crippen molar-refractivity contribution in [1.29, 1.82) is 0 Å². The Balaban J connectivity index is 1.02. The first-order chi connectivity index (χ1) is 32.4. The summed E-state index contributed by atoms with van der Waals surface area (Å²) >= 11 is 0. The molecular formula is C52H72N10O4. The lowest BCUT2D eigenvalue weighted by atomic mass is 9.94. The molecule has 66 heavy (non-hydrogen) atoms. The molecule has 12 bridgehead atoms. The van der Waals surface area contributed by atoms with E-state index in [0.29, 0.717) is 56.8 Å². The molecule has 3 fully saturated rings. The van der Waals surface area contributed by atoms with Gasteiger partial charge in [-0.15, -0.1) is 0 Å². The molecule has 0 amide bonds. The van der Waals surface area contributed by atoms with Crippen molar-refractivity contribution in [3.05, 3.63) is 89.3 Å². The maximum Gasteiger partial charge on any atom is 0.234 e. The highest BCUT2D eigenvalue weighted by Crippen LogP contribution is 2.35. The molecule has 9 heterocycles. The van der Waals surface area contributed by atoms with E-state index in [1.165, 1.54) is 18.4 Å². The highest BCUT2D eigenvalue weighted by molar-refractivity contribution is 5.62. The van der Waals surface area contributed by atoms with Crippen molar-refractivity contribution in [3.63, 3.8) is 0 Å². The SMILES string of the molecule is Cc1cnc2nc1N1CCC(CC1)COC(N1c3cccc(c3)CN(C)C/C=C/COCCC3CCN(CC3)c3nc1ncc3C)CCCOCc1cc(ccc1OCCN1CCCC1)N2. The molecular weight excluding hydrogens is 829 g/mol. The Morgan fingerprint density at radius 2 is 1.53 bits per heavy atom. The molecule has 4 aromatic rings. The molecule has 7 aliphatic heterocycles. The van der Waals surface area contributed by atoms with E-state index in [2.05, 4.69) is 105 Å². The van der Waals surface area contributed by atoms with Crippen molar-refractivity contribution in [1.82, 2.24) is 29.7 Å². The number of aromatic nitrogens is 4. The molecule has 1 N–H and O–H groups in total. The second-order valence-corrected chi connectivity index (χ2v) is 19.1. The van der Waals surface area contributed by atoms with Crippen molar-refractivity contribution in [2.24, 2.45) is 11.8 Å². The summed E-state index contributed by atoms with van der Waals surface area (Å²) in [5.74, 6) is 5.16. The number of rotatable bonds is 5. The van der Waals surface area contributed by atoms with E-state index in [1.807, 2.05) is 12.4 Å². The van der Waals surface area contributed by atoms with Gasteiger partial charge in [0.15, 0.2) is 0 Å². The first-order valence-corrected chi connectivity index (χ1v) is 24.8. The van der Waals surface area contributed by atoms with E-state index in [0.717, 1.165) is 156 Å². The van der Waals surface area contributed by atoms with Crippen molar-refractivity contribution in [2.75, 3.05) is 112 Å². The molecule has 0 spiro atoms. The van der Waals surface area contributed by atoms with Gasteiger partial charge in [0.25, 0.3) is 0 Å². The average Bonchev–Trinajstić information content (AvgIpc) is 3.86. The van der Waals surface area contributed by atoms with Crippen LogP contribution in [0.4, 0.5) is 34.9 Å². The van der Waals surface area contributed by atoms with Crippen LogP contribution in [0.3, 0.4) is 0 Å². The minimum Gasteiger partial charge on any atom is -0.492 e. The van der Waals surface area contributed by atoms with Crippen molar-refractivity contribution in [3.8, 4) is 5.75 Å². The molecule has 7 aliphatic rings. The van der Waals surface area contributed by atoms with Gasteiger partial charge in [-0.1, -0.05) is 24.3 Å². The number of ether oxygens (including phenoxy) is 4. The van der Waals surface area contributed by atoms with Crippen LogP contribution >= 0.6 is 0 Å². The van der Waals surface area contributed by atoms with Gasteiger partial charge in [0.05, 0.1) is 19.8 Å². The third-order valence-electron chi connectivity index (χ3n) is 14.0. The average molecular weight is 901 g/mol. The smallest absolute Gasteiger partial charge is 0.234 e. The molecule has 14 nitrogen and oxygen atoms in total. The zero-order valence-corrected chi connectivity index (χ0v) is 39.7. The number of likely N-dealkylation sites (N-methyl/N-ethyl adjacent to an activating group) is 1. The lowest BCUT2D eigenvalue weighted by Crippen LogP contribution is -2.40. The van der Waals surface area contributed by atoms with E-state index in [4.69, 9.17) is 38.9 Å². The summed E-state index contributed by atoms with van der Waals surface area (Å²) in [4.78, 5) is 32.3. The van der Waals surface area contributed by atoms with Crippen LogP contribution in [0.25, 0.3) is 0 Å². The number of benzene rings is 2. The zero-order valence-electron chi connectivity index (χ0n) is 39.7. The van der Waals surface area contributed by atoms with Gasteiger partial charge in [-0.2, -0.15) is 9.97 Å². The largest absolute Gasteiger partial charge is 0.492 e. The summed E-state index contributed by atoms with van der Waals surface area (Å²) in [5, 5.41) is 3.50. The number of hydrogen-bond acceptors (Lipinski definition) is 14. The Kier molecular flexibility index (Phi) is 16.0. The van der Waals surface area contributed by atoms with Crippen LogP contribution in [0.1, 0.15) is 80.0 Å². The van der Waals surface area contributed by atoms with Crippen LogP contribution in [0, 0.1) is 25.7 Å². The number of likely N-dealkylation sites (tertiary alicyclic amines) is 1. The summed E-state index contributed by atoms with van der Waals surface area (Å²) in [5.41, 5.74) is 6.32. The normalized spacial score (nSPS) is 22.9. The van der Waals surface area contributed by atoms with Crippen molar-refractivity contribution in [2.45, 2.75) is 91.0 Å². The summed E-state index contributed by atoms with van der Waals surface area (Å²) in [7, 11) is 2.17. The Morgan fingerprint density at radius 1 is 0.758 bits per heavy atom. The molecule has 2 aromatic heterocycles.